The van der Waals surface area contributed by atoms with E-state index >= 15 is 0 Å². The fraction of sp³-hybridized carbons (Fsp3) is 0.471. The molecule has 1 aromatic carbocycles. The Labute approximate surface area is 154 Å². The SMILES string of the molecule is CCC[C@H](NC(=O)[C@@H](C)Sc1nnc(C(F)(F)F)n1C)c1ccccc1. The molecule has 2 aromatic rings. The van der Waals surface area contributed by atoms with E-state index in [9.17, 15) is 18.0 Å². The van der Waals surface area contributed by atoms with E-state index in [0.717, 1.165) is 34.7 Å². The lowest BCUT2D eigenvalue weighted by molar-refractivity contribution is -0.147. The molecule has 0 bridgehead atoms. The zero-order chi connectivity index (χ0) is 19.3. The molecule has 26 heavy (non-hydrogen) atoms. The highest BCUT2D eigenvalue weighted by Gasteiger charge is 2.38. The molecule has 0 saturated carbocycles. The molecule has 1 aromatic heterocycles. The average Bonchev–Trinajstić information content (AvgIpc) is 2.96. The minimum Gasteiger partial charge on any atom is -0.348 e. The van der Waals surface area contributed by atoms with Crippen LogP contribution in [-0.4, -0.2) is 25.9 Å². The highest BCUT2D eigenvalue weighted by molar-refractivity contribution is 8.00. The third-order valence-electron chi connectivity index (χ3n) is 3.84. The molecule has 1 N–H and O–H groups in total. The normalized spacial score (nSPS) is 14.1. The number of nitrogens with zero attached hydrogens (tertiary/aromatic N) is 3. The number of alkyl halides is 3. The molecule has 142 valence electrons. The van der Waals surface area contributed by atoms with E-state index in [4.69, 9.17) is 0 Å². The summed E-state index contributed by atoms with van der Waals surface area (Å²) in [6.07, 6.45) is -2.92. The summed E-state index contributed by atoms with van der Waals surface area (Å²) in [6, 6.07) is 9.45. The Balaban J connectivity index is 2.06. The average molecular weight is 386 g/mol. The van der Waals surface area contributed by atoms with Gasteiger partial charge in [0.25, 0.3) is 0 Å². The largest absolute Gasteiger partial charge is 0.451 e. The van der Waals surface area contributed by atoms with Crippen LogP contribution in [0.3, 0.4) is 0 Å². The highest BCUT2D eigenvalue weighted by Crippen LogP contribution is 2.31. The van der Waals surface area contributed by atoms with E-state index in [1.54, 1.807) is 6.92 Å². The summed E-state index contributed by atoms with van der Waals surface area (Å²) in [7, 11) is 1.24. The van der Waals surface area contributed by atoms with Crippen molar-refractivity contribution in [3.63, 3.8) is 0 Å². The standard InChI is InChI=1S/C17H21F3N4OS/c1-4-8-13(12-9-6-5-7-10-12)21-14(25)11(2)26-16-23-22-15(24(16)3)17(18,19)20/h5-7,9-11,13H,4,8H2,1-3H3,(H,21,25)/t11-,13+/m1/s1. The molecule has 0 saturated heterocycles. The monoisotopic (exact) mass is 386 g/mol. The van der Waals surface area contributed by atoms with Gasteiger partial charge in [-0.1, -0.05) is 55.4 Å². The van der Waals surface area contributed by atoms with Gasteiger partial charge in [0.15, 0.2) is 5.16 Å². The Kier molecular flexibility index (Phi) is 6.69. The summed E-state index contributed by atoms with van der Waals surface area (Å²) >= 11 is 0.948. The fourth-order valence-corrected chi connectivity index (χ4v) is 3.29. The first-order chi connectivity index (χ1) is 12.2. The second kappa shape index (κ2) is 8.57. The van der Waals surface area contributed by atoms with E-state index in [0.29, 0.717) is 0 Å². The number of carbonyl (C=O) groups is 1. The van der Waals surface area contributed by atoms with Crippen molar-refractivity contribution in [1.29, 1.82) is 0 Å². The van der Waals surface area contributed by atoms with Gasteiger partial charge in [-0.15, -0.1) is 10.2 Å². The number of carbonyl (C=O) groups excluding carboxylic acids is 1. The number of rotatable bonds is 7. The molecule has 0 aliphatic carbocycles. The molecule has 5 nitrogen and oxygen atoms in total. The van der Waals surface area contributed by atoms with Crippen molar-refractivity contribution in [2.75, 3.05) is 0 Å². The maximum Gasteiger partial charge on any atom is 0.451 e. The van der Waals surface area contributed by atoms with Gasteiger partial charge in [-0.05, 0) is 18.9 Å². The van der Waals surface area contributed by atoms with Crippen LogP contribution in [0.25, 0.3) is 0 Å². The minimum atomic E-state index is -4.58. The molecule has 1 heterocycles. The third kappa shape index (κ3) is 5.00. The smallest absolute Gasteiger partial charge is 0.348 e. The van der Waals surface area contributed by atoms with Crippen molar-refractivity contribution in [3.05, 3.63) is 41.7 Å². The van der Waals surface area contributed by atoms with Crippen molar-refractivity contribution in [2.45, 2.75) is 49.3 Å². The molecule has 9 heteroatoms. The van der Waals surface area contributed by atoms with Crippen LogP contribution < -0.4 is 5.32 Å². The van der Waals surface area contributed by atoms with Crippen molar-refractivity contribution in [2.24, 2.45) is 7.05 Å². The minimum absolute atomic E-state index is 0.0479. The van der Waals surface area contributed by atoms with E-state index in [1.165, 1.54) is 7.05 Å². The molecule has 2 rings (SSSR count). The summed E-state index contributed by atoms with van der Waals surface area (Å²) in [6.45, 7) is 3.66. The number of halogens is 3. The lowest BCUT2D eigenvalue weighted by atomic mass is 10.0. The van der Waals surface area contributed by atoms with Crippen molar-refractivity contribution < 1.29 is 18.0 Å². The van der Waals surface area contributed by atoms with Crippen LogP contribution in [0, 0.1) is 0 Å². The maximum atomic E-state index is 12.8. The van der Waals surface area contributed by atoms with Gasteiger partial charge in [0.1, 0.15) is 0 Å². The lowest BCUT2D eigenvalue weighted by Crippen LogP contribution is -2.34. The van der Waals surface area contributed by atoms with Gasteiger partial charge in [0.05, 0.1) is 11.3 Å². The number of benzene rings is 1. The van der Waals surface area contributed by atoms with Crippen LogP contribution in [0.1, 0.15) is 44.1 Å². The van der Waals surface area contributed by atoms with Gasteiger partial charge < -0.3 is 9.88 Å². The van der Waals surface area contributed by atoms with Gasteiger partial charge in [-0.25, -0.2) is 0 Å². The molecule has 1 amide bonds. The van der Waals surface area contributed by atoms with E-state index in [1.807, 2.05) is 37.3 Å². The molecule has 0 fully saturated rings. The highest BCUT2D eigenvalue weighted by atomic mass is 32.2. The number of amides is 1. The Morgan fingerprint density at radius 3 is 2.46 bits per heavy atom. The first kappa shape index (κ1) is 20.3. The second-order valence-corrected chi connectivity index (χ2v) is 7.19. The Morgan fingerprint density at radius 2 is 1.92 bits per heavy atom. The second-order valence-electron chi connectivity index (χ2n) is 5.88. The van der Waals surface area contributed by atoms with Gasteiger partial charge in [0, 0.05) is 7.05 Å². The third-order valence-corrected chi connectivity index (χ3v) is 4.97. The number of thioether (sulfide) groups is 1. The quantitative estimate of drug-likeness (QED) is 0.732. The van der Waals surface area contributed by atoms with Gasteiger partial charge in [0.2, 0.25) is 11.7 Å². The number of hydrogen-bond donors (Lipinski definition) is 1. The van der Waals surface area contributed by atoms with Crippen molar-refractivity contribution >= 4 is 17.7 Å². The van der Waals surface area contributed by atoms with Crippen LogP contribution in [0.4, 0.5) is 13.2 Å². The first-order valence-corrected chi connectivity index (χ1v) is 9.10. The van der Waals surface area contributed by atoms with Crippen LogP contribution >= 0.6 is 11.8 Å². The topological polar surface area (TPSA) is 59.8 Å². The summed E-state index contributed by atoms with van der Waals surface area (Å²) in [5.74, 6) is -1.34. The molecule has 0 unspecified atom stereocenters. The van der Waals surface area contributed by atoms with Gasteiger partial charge in [-0.3, -0.25) is 4.79 Å². The molecule has 0 aliphatic rings. The molecule has 0 radical (unpaired) electrons. The van der Waals surface area contributed by atoms with Crippen LogP contribution in [0.2, 0.25) is 0 Å². The van der Waals surface area contributed by atoms with E-state index < -0.39 is 17.3 Å². The Bertz CT molecular complexity index is 733. The van der Waals surface area contributed by atoms with Crippen molar-refractivity contribution in [3.8, 4) is 0 Å². The molecule has 0 aliphatic heterocycles. The zero-order valence-corrected chi connectivity index (χ0v) is 15.6. The molecule has 2 atom stereocenters. The molecular formula is C17H21F3N4OS. The predicted molar refractivity (Wildman–Crippen MR) is 93.6 cm³/mol. The summed E-state index contributed by atoms with van der Waals surface area (Å²) in [5.41, 5.74) is 0.998. The molecule has 0 spiro atoms. The summed E-state index contributed by atoms with van der Waals surface area (Å²) in [4.78, 5) is 12.5. The summed E-state index contributed by atoms with van der Waals surface area (Å²) < 4.78 is 39.2. The van der Waals surface area contributed by atoms with Crippen LogP contribution in [0.5, 0.6) is 0 Å². The van der Waals surface area contributed by atoms with Gasteiger partial charge in [-0.2, -0.15) is 13.2 Å². The fourth-order valence-electron chi connectivity index (χ4n) is 2.46. The van der Waals surface area contributed by atoms with E-state index in [2.05, 4.69) is 15.5 Å². The predicted octanol–water partition coefficient (Wildman–Crippen LogP) is 3.97. The van der Waals surface area contributed by atoms with Crippen LogP contribution in [0.15, 0.2) is 35.5 Å². The van der Waals surface area contributed by atoms with Crippen molar-refractivity contribution in [1.82, 2.24) is 20.1 Å². The first-order valence-electron chi connectivity index (χ1n) is 8.22. The zero-order valence-electron chi connectivity index (χ0n) is 14.7. The summed E-state index contributed by atoms with van der Waals surface area (Å²) in [5, 5.41) is 9.14. The lowest BCUT2D eigenvalue weighted by Gasteiger charge is -2.21. The van der Waals surface area contributed by atoms with E-state index in [-0.39, 0.29) is 17.1 Å². The number of hydrogen-bond acceptors (Lipinski definition) is 4. The number of aromatic nitrogens is 3. The van der Waals surface area contributed by atoms with Gasteiger partial charge >= 0.3 is 6.18 Å². The molecular weight excluding hydrogens is 365 g/mol. The van der Waals surface area contributed by atoms with Crippen LogP contribution in [-0.2, 0) is 18.0 Å². The maximum absolute atomic E-state index is 12.8. The number of nitrogens with one attached hydrogen (secondary N) is 1. The Morgan fingerprint density at radius 1 is 1.27 bits per heavy atom. The Hall–Kier alpha value is -2.03.